The normalized spacial score (nSPS) is 12.3. The second-order valence-corrected chi connectivity index (χ2v) is 4.98. The molecule has 0 aliphatic rings. The molecule has 2 aromatic rings. The molecule has 2 rings (SSSR count). The molecular weight excluding hydrogens is 316 g/mol. The van der Waals surface area contributed by atoms with Crippen molar-refractivity contribution >= 4 is 15.9 Å². The Balaban J connectivity index is 2.43. The van der Waals surface area contributed by atoms with E-state index in [0.29, 0.717) is 15.8 Å². The molecule has 0 fully saturated rings. The van der Waals surface area contributed by atoms with Crippen LogP contribution < -0.4 is 10.5 Å². The lowest BCUT2D eigenvalue weighted by molar-refractivity contribution is 0.429. The standard InChI is InChI=1S/C14H12BrF2NO/c1-8(18)10-3-2-4-12(17)14(10)19-13-6-5-9(16)7-11(13)15/h2-8H,18H2,1H3. The van der Waals surface area contributed by atoms with Crippen LogP contribution >= 0.6 is 15.9 Å². The third-order valence-corrected chi connectivity index (χ3v) is 3.21. The summed E-state index contributed by atoms with van der Waals surface area (Å²) < 4.78 is 32.8. The van der Waals surface area contributed by atoms with Gasteiger partial charge >= 0.3 is 0 Å². The summed E-state index contributed by atoms with van der Waals surface area (Å²) in [5.74, 6) is -0.524. The van der Waals surface area contributed by atoms with Crippen molar-refractivity contribution in [1.29, 1.82) is 0 Å². The fraction of sp³-hybridized carbons (Fsp3) is 0.143. The van der Waals surface area contributed by atoms with Crippen molar-refractivity contribution in [3.63, 3.8) is 0 Å². The number of hydrogen-bond donors (Lipinski definition) is 1. The molecule has 19 heavy (non-hydrogen) atoms. The van der Waals surface area contributed by atoms with Gasteiger partial charge in [0.15, 0.2) is 11.6 Å². The molecule has 1 atom stereocenters. The van der Waals surface area contributed by atoms with Crippen LogP contribution in [0.15, 0.2) is 40.9 Å². The third kappa shape index (κ3) is 3.11. The summed E-state index contributed by atoms with van der Waals surface area (Å²) in [5.41, 5.74) is 6.33. The first-order valence-electron chi connectivity index (χ1n) is 5.66. The van der Waals surface area contributed by atoms with Gasteiger partial charge in [0.2, 0.25) is 0 Å². The molecule has 0 bridgehead atoms. The number of halogens is 3. The molecule has 1 unspecified atom stereocenters. The van der Waals surface area contributed by atoms with Gasteiger partial charge in [-0.2, -0.15) is 0 Å². The number of para-hydroxylation sites is 1. The van der Waals surface area contributed by atoms with Crippen LogP contribution in [-0.2, 0) is 0 Å². The molecule has 0 spiro atoms. The van der Waals surface area contributed by atoms with Crippen molar-refractivity contribution < 1.29 is 13.5 Å². The second-order valence-electron chi connectivity index (χ2n) is 4.12. The predicted octanol–water partition coefficient (Wildman–Crippen LogP) is 4.54. The Labute approximate surface area is 118 Å². The molecule has 0 saturated heterocycles. The monoisotopic (exact) mass is 327 g/mol. The first-order valence-corrected chi connectivity index (χ1v) is 6.45. The predicted molar refractivity (Wildman–Crippen MR) is 73.2 cm³/mol. The van der Waals surface area contributed by atoms with Gasteiger partial charge < -0.3 is 10.5 Å². The van der Waals surface area contributed by atoms with Crippen LogP contribution in [0.3, 0.4) is 0 Å². The van der Waals surface area contributed by atoms with Gasteiger partial charge in [-0.05, 0) is 47.1 Å². The lowest BCUT2D eigenvalue weighted by Crippen LogP contribution is -2.07. The highest BCUT2D eigenvalue weighted by atomic mass is 79.9. The van der Waals surface area contributed by atoms with Crippen molar-refractivity contribution in [3.8, 4) is 11.5 Å². The highest BCUT2D eigenvalue weighted by molar-refractivity contribution is 9.10. The molecule has 0 amide bonds. The average molecular weight is 328 g/mol. The maximum absolute atomic E-state index is 13.8. The number of benzene rings is 2. The van der Waals surface area contributed by atoms with E-state index < -0.39 is 11.6 Å². The fourth-order valence-corrected chi connectivity index (χ4v) is 2.09. The van der Waals surface area contributed by atoms with Crippen LogP contribution in [-0.4, -0.2) is 0 Å². The summed E-state index contributed by atoms with van der Waals surface area (Å²) in [5, 5.41) is 0. The Kier molecular flexibility index (Phi) is 4.17. The van der Waals surface area contributed by atoms with E-state index in [1.54, 1.807) is 19.1 Å². The maximum atomic E-state index is 13.8. The van der Waals surface area contributed by atoms with Crippen LogP contribution in [0.4, 0.5) is 8.78 Å². The zero-order chi connectivity index (χ0) is 14.0. The van der Waals surface area contributed by atoms with Crippen LogP contribution in [0.1, 0.15) is 18.5 Å². The Morgan fingerprint density at radius 1 is 1.21 bits per heavy atom. The Morgan fingerprint density at radius 3 is 2.58 bits per heavy atom. The van der Waals surface area contributed by atoms with Crippen molar-refractivity contribution in [2.24, 2.45) is 5.73 Å². The zero-order valence-corrected chi connectivity index (χ0v) is 11.7. The third-order valence-electron chi connectivity index (χ3n) is 2.59. The quantitative estimate of drug-likeness (QED) is 0.898. The van der Waals surface area contributed by atoms with E-state index in [0.717, 1.165) is 0 Å². The topological polar surface area (TPSA) is 35.2 Å². The molecular formula is C14H12BrF2NO. The van der Waals surface area contributed by atoms with Crippen LogP contribution in [0, 0.1) is 11.6 Å². The molecule has 5 heteroatoms. The van der Waals surface area contributed by atoms with Crippen LogP contribution in [0.25, 0.3) is 0 Å². The summed E-state index contributed by atoms with van der Waals surface area (Å²) in [7, 11) is 0. The first kappa shape index (κ1) is 14.0. The SMILES string of the molecule is CC(N)c1cccc(F)c1Oc1ccc(F)cc1Br. The van der Waals surface area contributed by atoms with Crippen molar-refractivity contribution in [3.05, 3.63) is 58.1 Å². The molecule has 0 aliphatic heterocycles. The van der Waals surface area contributed by atoms with E-state index in [9.17, 15) is 8.78 Å². The minimum atomic E-state index is -0.508. The first-order chi connectivity index (χ1) is 8.99. The highest BCUT2D eigenvalue weighted by Crippen LogP contribution is 2.35. The number of rotatable bonds is 3. The summed E-state index contributed by atoms with van der Waals surface area (Å²) in [6.45, 7) is 1.74. The summed E-state index contributed by atoms with van der Waals surface area (Å²) >= 11 is 3.17. The number of ether oxygens (including phenoxy) is 1. The van der Waals surface area contributed by atoms with Gasteiger partial charge in [-0.1, -0.05) is 12.1 Å². The average Bonchev–Trinajstić information content (AvgIpc) is 2.34. The van der Waals surface area contributed by atoms with Gasteiger partial charge in [-0.15, -0.1) is 0 Å². The van der Waals surface area contributed by atoms with Gasteiger partial charge in [0.1, 0.15) is 11.6 Å². The summed E-state index contributed by atoms with van der Waals surface area (Å²) in [6, 6.07) is 8.11. The Hall–Kier alpha value is -1.46. The zero-order valence-electron chi connectivity index (χ0n) is 10.2. The molecule has 0 radical (unpaired) electrons. The van der Waals surface area contributed by atoms with E-state index in [1.807, 2.05) is 0 Å². The highest BCUT2D eigenvalue weighted by Gasteiger charge is 2.15. The molecule has 2 nitrogen and oxygen atoms in total. The summed E-state index contributed by atoms with van der Waals surface area (Å²) in [6.07, 6.45) is 0. The fourth-order valence-electron chi connectivity index (χ4n) is 1.66. The van der Waals surface area contributed by atoms with E-state index in [4.69, 9.17) is 10.5 Å². The maximum Gasteiger partial charge on any atom is 0.167 e. The smallest absolute Gasteiger partial charge is 0.167 e. The largest absolute Gasteiger partial charge is 0.453 e. The molecule has 0 saturated carbocycles. The van der Waals surface area contributed by atoms with E-state index in [1.165, 1.54) is 24.3 Å². The minimum absolute atomic E-state index is 0.0600. The van der Waals surface area contributed by atoms with Crippen molar-refractivity contribution in [2.75, 3.05) is 0 Å². The van der Waals surface area contributed by atoms with Gasteiger partial charge in [-0.3, -0.25) is 0 Å². The molecule has 0 heterocycles. The molecule has 100 valence electrons. The minimum Gasteiger partial charge on any atom is -0.453 e. The van der Waals surface area contributed by atoms with Gasteiger partial charge in [0.25, 0.3) is 0 Å². The van der Waals surface area contributed by atoms with Gasteiger partial charge in [-0.25, -0.2) is 8.78 Å². The molecule has 2 aromatic carbocycles. The van der Waals surface area contributed by atoms with E-state index in [2.05, 4.69) is 15.9 Å². The summed E-state index contributed by atoms with van der Waals surface area (Å²) in [4.78, 5) is 0. The van der Waals surface area contributed by atoms with Gasteiger partial charge in [0, 0.05) is 11.6 Å². The Morgan fingerprint density at radius 2 is 1.95 bits per heavy atom. The van der Waals surface area contributed by atoms with Crippen molar-refractivity contribution in [1.82, 2.24) is 0 Å². The number of nitrogens with two attached hydrogens (primary N) is 1. The van der Waals surface area contributed by atoms with Crippen LogP contribution in [0.2, 0.25) is 0 Å². The Bertz CT molecular complexity index is 602. The lowest BCUT2D eigenvalue weighted by Gasteiger charge is -2.15. The molecule has 0 aliphatic carbocycles. The second kappa shape index (κ2) is 5.67. The molecule has 2 N–H and O–H groups in total. The van der Waals surface area contributed by atoms with Crippen LogP contribution in [0.5, 0.6) is 11.5 Å². The molecule has 0 aromatic heterocycles. The lowest BCUT2D eigenvalue weighted by atomic mass is 10.1. The van der Waals surface area contributed by atoms with E-state index in [-0.39, 0.29) is 11.8 Å². The van der Waals surface area contributed by atoms with Gasteiger partial charge in [0.05, 0.1) is 4.47 Å². The number of hydrogen-bond acceptors (Lipinski definition) is 2. The van der Waals surface area contributed by atoms with E-state index >= 15 is 0 Å². The van der Waals surface area contributed by atoms with Crippen molar-refractivity contribution in [2.45, 2.75) is 13.0 Å².